The van der Waals surface area contributed by atoms with Crippen molar-refractivity contribution in [2.24, 2.45) is 0 Å². The summed E-state index contributed by atoms with van der Waals surface area (Å²) in [7, 11) is 0. The van der Waals surface area contributed by atoms with Crippen LogP contribution in [0.15, 0.2) is 53.8 Å². The number of hydrogen-bond donors (Lipinski definition) is 1. The maximum absolute atomic E-state index is 13.7. The molecule has 0 aliphatic heterocycles. The van der Waals surface area contributed by atoms with Crippen molar-refractivity contribution in [1.82, 2.24) is 9.97 Å². The van der Waals surface area contributed by atoms with E-state index in [1.807, 2.05) is 24.3 Å². The molecule has 1 amide bonds. The minimum atomic E-state index is -0.739. The van der Waals surface area contributed by atoms with Gasteiger partial charge in [0, 0.05) is 17.5 Å². The van der Waals surface area contributed by atoms with Crippen molar-refractivity contribution in [1.29, 1.82) is 0 Å². The second-order valence-electron chi connectivity index (χ2n) is 4.95. The van der Waals surface area contributed by atoms with Gasteiger partial charge < -0.3 is 5.32 Å². The summed E-state index contributed by atoms with van der Waals surface area (Å²) in [6.07, 6.45) is 1.41. The van der Waals surface area contributed by atoms with Gasteiger partial charge in [-0.25, -0.2) is 14.4 Å². The molecule has 25 heavy (non-hydrogen) atoms. The number of nitrogens with one attached hydrogen (secondary N) is 1. The van der Waals surface area contributed by atoms with Crippen LogP contribution >= 0.6 is 11.8 Å². The Balaban J connectivity index is 1.71. The number of nitro groups is 1. The van der Waals surface area contributed by atoms with E-state index in [9.17, 15) is 19.3 Å². The molecule has 0 spiro atoms. The molecule has 0 aliphatic carbocycles. The molecule has 0 fully saturated rings. The molecule has 1 heterocycles. The largest absolute Gasteiger partial charge is 0.323 e. The van der Waals surface area contributed by atoms with Crippen LogP contribution in [0, 0.1) is 15.9 Å². The molecule has 0 unspecified atom stereocenters. The fourth-order valence-electron chi connectivity index (χ4n) is 2.14. The van der Waals surface area contributed by atoms with Crippen LogP contribution in [-0.2, 0) is 4.79 Å². The van der Waals surface area contributed by atoms with Crippen molar-refractivity contribution in [3.05, 3.63) is 64.7 Å². The number of amides is 1. The third kappa shape index (κ3) is 3.89. The van der Waals surface area contributed by atoms with Crippen LogP contribution in [0.5, 0.6) is 0 Å². The second kappa shape index (κ2) is 7.22. The summed E-state index contributed by atoms with van der Waals surface area (Å²) in [6.45, 7) is 0. The lowest BCUT2D eigenvalue weighted by molar-refractivity contribution is -0.384. The van der Waals surface area contributed by atoms with Crippen LogP contribution in [-0.4, -0.2) is 26.6 Å². The molecule has 126 valence electrons. The molecule has 2 aromatic carbocycles. The number of non-ortho nitro benzene ring substituents is 1. The first-order valence-electron chi connectivity index (χ1n) is 7.11. The lowest BCUT2D eigenvalue weighted by Crippen LogP contribution is -2.15. The standard InChI is InChI=1S/C16H11FN4O3S/c17-12-6-5-10(21(23)24)7-14(12)20-15(22)8-25-16-11-3-1-2-4-13(11)18-9-19-16/h1-7,9H,8H2,(H,20,22). The average molecular weight is 358 g/mol. The Morgan fingerprint density at radius 3 is 2.84 bits per heavy atom. The first-order valence-corrected chi connectivity index (χ1v) is 8.09. The molecule has 1 aromatic heterocycles. The molecular formula is C16H11FN4O3S. The average Bonchev–Trinajstić information content (AvgIpc) is 2.61. The number of nitrogens with zero attached hydrogens (tertiary/aromatic N) is 3. The number of anilines is 1. The number of thioether (sulfide) groups is 1. The van der Waals surface area contributed by atoms with E-state index < -0.39 is 16.6 Å². The van der Waals surface area contributed by atoms with E-state index in [1.165, 1.54) is 18.1 Å². The number of carbonyl (C=O) groups excluding carboxylic acids is 1. The molecule has 0 saturated heterocycles. The van der Waals surface area contributed by atoms with Crippen LogP contribution in [0.25, 0.3) is 10.9 Å². The summed E-state index contributed by atoms with van der Waals surface area (Å²) in [5, 5.41) is 14.5. The number of aromatic nitrogens is 2. The molecule has 9 heteroatoms. The van der Waals surface area contributed by atoms with Crippen LogP contribution in [0.4, 0.5) is 15.8 Å². The highest BCUT2D eigenvalue weighted by molar-refractivity contribution is 8.00. The number of rotatable bonds is 5. The Kier molecular flexibility index (Phi) is 4.85. The zero-order valence-electron chi connectivity index (χ0n) is 12.7. The third-order valence-corrected chi connectivity index (χ3v) is 4.29. The van der Waals surface area contributed by atoms with Gasteiger partial charge in [0.05, 0.1) is 21.9 Å². The van der Waals surface area contributed by atoms with Crippen LogP contribution in [0.1, 0.15) is 0 Å². The Hall–Kier alpha value is -3.07. The van der Waals surface area contributed by atoms with E-state index in [1.54, 1.807) is 0 Å². The van der Waals surface area contributed by atoms with Crippen molar-refractivity contribution in [3.63, 3.8) is 0 Å². The van der Waals surface area contributed by atoms with Gasteiger partial charge in [-0.3, -0.25) is 14.9 Å². The van der Waals surface area contributed by atoms with Gasteiger partial charge in [-0.05, 0) is 12.1 Å². The van der Waals surface area contributed by atoms with Crippen molar-refractivity contribution < 1.29 is 14.1 Å². The predicted octanol–water partition coefficient (Wildman–Crippen LogP) is 3.41. The lowest BCUT2D eigenvalue weighted by atomic mass is 10.2. The van der Waals surface area contributed by atoms with Crippen molar-refractivity contribution in [2.45, 2.75) is 5.03 Å². The summed E-state index contributed by atoms with van der Waals surface area (Å²) < 4.78 is 13.7. The summed E-state index contributed by atoms with van der Waals surface area (Å²) in [5.74, 6) is -1.26. The number of nitro benzene ring substituents is 1. The normalized spacial score (nSPS) is 10.6. The van der Waals surface area contributed by atoms with Crippen molar-refractivity contribution >= 4 is 39.9 Å². The number of carbonyl (C=O) groups is 1. The first-order chi connectivity index (χ1) is 12.0. The van der Waals surface area contributed by atoms with E-state index >= 15 is 0 Å². The summed E-state index contributed by atoms with van der Waals surface area (Å²) in [6, 6.07) is 10.3. The van der Waals surface area contributed by atoms with E-state index in [4.69, 9.17) is 0 Å². The molecule has 0 aliphatic rings. The van der Waals surface area contributed by atoms with Gasteiger partial charge in [0.2, 0.25) is 5.91 Å². The zero-order chi connectivity index (χ0) is 17.8. The Labute approximate surface area is 145 Å². The fourth-order valence-corrected chi connectivity index (χ4v) is 2.93. The van der Waals surface area contributed by atoms with Crippen LogP contribution < -0.4 is 5.32 Å². The molecule has 7 nitrogen and oxygen atoms in total. The van der Waals surface area contributed by atoms with Crippen LogP contribution in [0.2, 0.25) is 0 Å². The SMILES string of the molecule is O=C(CSc1ncnc2ccccc12)Nc1cc([N+](=O)[O-])ccc1F. The number of hydrogen-bond acceptors (Lipinski definition) is 6. The second-order valence-corrected chi connectivity index (χ2v) is 5.92. The fraction of sp³-hybridized carbons (Fsp3) is 0.0625. The van der Waals surface area contributed by atoms with E-state index in [0.29, 0.717) is 5.03 Å². The highest BCUT2D eigenvalue weighted by Crippen LogP contribution is 2.25. The van der Waals surface area contributed by atoms with Gasteiger partial charge in [-0.1, -0.05) is 30.0 Å². The molecule has 0 saturated carbocycles. The highest BCUT2D eigenvalue weighted by atomic mass is 32.2. The molecule has 3 aromatic rings. The van der Waals surface area contributed by atoms with Gasteiger partial charge >= 0.3 is 0 Å². The third-order valence-electron chi connectivity index (χ3n) is 3.28. The summed E-state index contributed by atoms with van der Waals surface area (Å²) >= 11 is 1.17. The number of para-hydroxylation sites is 1. The van der Waals surface area contributed by atoms with Crippen LogP contribution in [0.3, 0.4) is 0 Å². The number of benzene rings is 2. The van der Waals surface area contributed by atoms with E-state index in [-0.39, 0.29) is 17.1 Å². The predicted molar refractivity (Wildman–Crippen MR) is 91.9 cm³/mol. The topological polar surface area (TPSA) is 98.0 Å². The minimum Gasteiger partial charge on any atom is -0.323 e. The van der Waals surface area contributed by atoms with Gasteiger partial charge in [0.15, 0.2) is 0 Å². The summed E-state index contributed by atoms with van der Waals surface area (Å²) in [5.41, 5.74) is 0.226. The Morgan fingerprint density at radius 1 is 1.24 bits per heavy atom. The van der Waals surface area contributed by atoms with Crippen molar-refractivity contribution in [2.75, 3.05) is 11.1 Å². The van der Waals surface area contributed by atoms with Gasteiger partial charge in [0.1, 0.15) is 17.2 Å². The molecule has 0 atom stereocenters. The van der Waals surface area contributed by atoms with Gasteiger partial charge in [0.25, 0.3) is 5.69 Å². The number of halogens is 1. The molecule has 3 rings (SSSR count). The number of fused-ring (bicyclic) bond motifs is 1. The maximum atomic E-state index is 13.7. The van der Waals surface area contributed by atoms with Crippen molar-refractivity contribution in [3.8, 4) is 0 Å². The zero-order valence-corrected chi connectivity index (χ0v) is 13.5. The maximum Gasteiger partial charge on any atom is 0.271 e. The first kappa shape index (κ1) is 16.8. The smallest absolute Gasteiger partial charge is 0.271 e. The lowest BCUT2D eigenvalue weighted by Gasteiger charge is -2.07. The minimum absolute atomic E-state index is 0.0247. The Morgan fingerprint density at radius 2 is 2.04 bits per heavy atom. The highest BCUT2D eigenvalue weighted by Gasteiger charge is 2.14. The van der Waals surface area contributed by atoms with E-state index in [0.717, 1.165) is 29.1 Å². The molecule has 0 radical (unpaired) electrons. The monoisotopic (exact) mass is 358 g/mol. The molecule has 1 N–H and O–H groups in total. The van der Waals surface area contributed by atoms with Gasteiger partial charge in [-0.2, -0.15) is 0 Å². The molecular weight excluding hydrogens is 347 g/mol. The molecule has 0 bridgehead atoms. The quantitative estimate of drug-likeness (QED) is 0.325. The summed E-state index contributed by atoms with van der Waals surface area (Å²) in [4.78, 5) is 30.4. The Bertz CT molecular complexity index is 962. The van der Waals surface area contributed by atoms with E-state index in [2.05, 4.69) is 15.3 Å². The van der Waals surface area contributed by atoms with Gasteiger partial charge in [-0.15, -0.1) is 0 Å².